The number of methoxy groups -OCH3 is 1. The zero-order chi connectivity index (χ0) is 18.8. The monoisotopic (exact) mass is 382 g/mol. The number of carbonyl (C=O) groups excluding carboxylic acids is 1. The Balaban J connectivity index is 1.59. The summed E-state index contributed by atoms with van der Waals surface area (Å²) in [4.78, 5) is 16.9. The standard InChI is InChI=1S/C18H15ClN6O2/c1-27-16-4-3-12(19)7-11(16)8-14-15(10-21-24-14)23-18(26)13-9-22-25-6-2-5-20-17(13)25/h2-7,9-10H,8H2,1H3,(H,21,24)(H,23,26). The van der Waals surface area contributed by atoms with Crippen LogP contribution in [0.4, 0.5) is 5.69 Å². The van der Waals surface area contributed by atoms with Crippen LogP contribution in [0.25, 0.3) is 5.65 Å². The Bertz CT molecular complexity index is 1120. The molecule has 4 rings (SSSR count). The van der Waals surface area contributed by atoms with Gasteiger partial charge in [0.25, 0.3) is 5.91 Å². The van der Waals surface area contributed by atoms with Gasteiger partial charge in [-0.1, -0.05) is 11.6 Å². The topological polar surface area (TPSA) is 97.2 Å². The van der Waals surface area contributed by atoms with E-state index in [2.05, 4.69) is 25.6 Å². The smallest absolute Gasteiger partial charge is 0.261 e. The second-order valence-corrected chi connectivity index (χ2v) is 6.23. The fourth-order valence-corrected chi connectivity index (χ4v) is 3.00. The second-order valence-electron chi connectivity index (χ2n) is 5.80. The maximum absolute atomic E-state index is 12.7. The molecule has 0 fully saturated rings. The summed E-state index contributed by atoms with van der Waals surface area (Å²) in [7, 11) is 1.60. The van der Waals surface area contributed by atoms with Gasteiger partial charge in [-0.05, 0) is 24.3 Å². The van der Waals surface area contributed by atoms with Gasteiger partial charge in [0.15, 0.2) is 5.65 Å². The molecular formula is C18H15ClN6O2. The first kappa shape index (κ1) is 17.0. The predicted molar refractivity (Wildman–Crippen MR) is 100 cm³/mol. The van der Waals surface area contributed by atoms with E-state index >= 15 is 0 Å². The van der Waals surface area contributed by atoms with Crippen molar-refractivity contribution in [1.29, 1.82) is 0 Å². The lowest BCUT2D eigenvalue weighted by molar-refractivity contribution is 0.102. The number of nitrogens with one attached hydrogen (secondary N) is 2. The molecule has 0 unspecified atom stereocenters. The molecule has 27 heavy (non-hydrogen) atoms. The average Bonchev–Trinajstić information content (AvgIpc) is 3.29. The van der Waals surface area contributed by atoms with Crippen LogP contribution in [0.2, 0.25) is 5.02 Å². The van der Waals surface area contributed by atoms with Gasteiger partial charge in [-0.3, -0.25) is 9.89 Å². The zero-order valence-corrected chi connectivity index (χ0v) is 15.1. The van der Waals surface area contributed by atoms with Crippen LogP contribution in [0.1, 0.15) is 21.6 Å². The Morgan fingerprint density at radius 3 is 3.11 bits per heavy atom. The van der Waals surface area contributed by atoms with E-state index < -0.39 is 0 Å². The fraction of sp³-hybridized carbons (Fsp3) is 0.111. The van der Waals surface area contributed by atoms with Crippen molar-refractivity contribution in [2.75, 3.05) is 12.4 Å². The lowest BCUT2D eigenvalue weighted by Crippen LogP contribution is -2.13. The molecule has 0 aliphatic heterocycles. The van der Waals surface area contributed by atoms with Gasteiger partial charge in [0, 0.05) is 29.4 Å². The van der Waals surface area contributed by atoms with E-state index in [0.29, 0.717) is 34.1 Å². The number of amides is 1. The van der Waals surface area contributed by atoms with Crippen LogP contribution in [0.3, 0.4) is 0 Å². The maximum atomic E-state index is 12.7. The minimum absolute atomic E-state index is 0.315. The van der Waals surface area contributed by atoms with Crippen LogP contribution in [0, 0.1) is 0 Å². The Hall–Kier alpha value is -3.39. The van der Waals surface area contributed by atoms with Gasteiger partial charge in [0.2, 0.25) is 0 Å². The van der Waals surface area contributed by atoms with E-state index in [1.165, 1.54) is 6.20 Å². The largest absolute Gasteiger partial charge is 0.496 e. The molecule has 0 saturated carbocycles. The summed E-state index contributed by atoms with van der Waals surface area (Å²) in [5, 5.41) is 14.5. The van der Waals surface area contributed by atoms with Crippen molar-refractivity contribution in [2.24, 2.45) is 0 Å². The van der Waals surface area contributed by atoms with Gasteiger partial charge >= 0.3 is 0 Å². The summed E-state index contributed by atoms with van der Waals surface area (Å²) in [5.41, 5.74) is 3.03. The van der Waals surface area contributed by atoms with E-state index in [-0.39, 0.29) is 5.91 Å². The molecule has 9 heteroatoms. The fourth-order valence-electron chi connectivity index (χ4n) is 2.81. The number of fused-ring (bicyclic) bond motifs is 1. The number of hydrogen-bond donors (Lipinski definition) is 2. The van der Waals surface area contributed by atoms with Crippen molar-refractivity contribution in [3.63, 3.8) is 0 Å². The Morgan fingerprint density at radius 2 is 2.26 bits per heavy atom. The van der Waals surface area contributed by atoms with Gasteiger partial charge in [-0.25, -0.2) is 9.50 Å². The number of hydrogen-bond acceptors (Lipinski definition) is 5. The molecule has 1 amide bonds. The molecule has 0 aliphatic rings. The second kappa shape index (κ2) is 7.08. The summed E-state index contributed by atoms with van der Waals surface area (Å²) >= 11 is 6.09. The van der Waals surface area contributed by atoms with Gasteiger partial charge < -0.3 is 10.1 Å². The lowest BCUT2D eigenvalue weighted by Gasteiger charge is -2.09. The van der Waals surface area contributed by atoms with E-state index in [1.54, 1.807) is 48.4 Å². The zero-order valence-electron chi connectivity index (χ0n) is 14.3. The molecule has 4 aromatic rings. The minimum atomic E-state index is -0.315. The highest BCUT2D eigenvalue weighted by Crippen LogP contribution is 2.27. The van der Waals surface area contributed by atoms with Crippen molar-refractivity contribution in [1.82, 2.24) is 24.8 Å². The minimum Gasteiger partial charge on any atom is -0.496 e. The highest BCUT2D eigenvalue weighted by Gasteiger charge is 2.17. The van der Waals surface area contributed by atoms with Crippen molar-refractivity contribution in [3.8, 4) is 5.75 Å². The number of benzene rings is 1. The molecule has 0 aliphatic carbocycles. The summed E-state index contributed by atoms with van der Waals surface area (Å²) < 4.78 is 6.92. The third-order valence-electron chi connectivity index (χ3n) is 4.10. The Labute approximate surface area is 159 Å². The Morgan fingerprint density at radius 1 is 1.37 bits per heavy atom. The van der Waals surface area contributed by atoms with Crippen LogP contribution >= 0.6 is 11.6 Å². The molecule has 0 radical (unpaired) electrons. The van der Waals surface area contributed by atoms with Crippen LogP contribution in [-0.4, -0.2) is 37.8 Å². The molecule has 0 spiro atoms. The molecule has 8 nitrogen and oxygen atoms in total. The quantitative estimate of drug-likeness (QED) is 0.553. The SMILES string of the molecule is COc1ccc(Cl)cc1Cc1[nH]ncc1NC(=O)c1cnn2cccnc12. The summed E-state index contributed by atoms with van der Waals surface area (Å²) in [5.74, 6) is 0.391. The van der Waals surface area contributed by atoms with Crippen LogP contribution in [0.15, 0.2) is 49.1 Å². The highest BCUT2D eigenvalue weighted by atomic mass is 35.5. The average molecular weight is 383 g/mol. The van der Waals surface area contributed by atoms with Gasteiger partial charge in [-0.2, -0.15) is 10.2 Å². The molecular weight excluding hydrogens is 368 g/mol. The summed E-state index contributed by atoms with van der Waals surface area (Å²) in [6, 6.07) is 7.13. The molecule has 3 aromatic heterocycles. The van der Waals surface area contributed by atoms with Crippen molar-refractivity contribution >= 4 is 28.8 Å². The number of carbonyl (C=O) groups is 1. The van der Waals surface area contributed by atoms with Gasteiger partial charge in [0.1, 0.15) is 11.3 Å². The lowest BCUT2D eigenvalue weighted by atomic mass is 10.1. The summed E-state index contributed by atoms with van der Waals surface area (Å²) in [6.45, 7) is 0. The molecule has 1 aromatic carbocycles. The number of aromatic nitrogens is 5. The number of anilines is 1. The number of ether oxygens (including phenoxy) is 1. The van der Waals surface area contributed by atoms with Gasteiger partial charge in [0.05, 0.1) is 30.9 Å². The van der Waals surface area contributed by atoms with E-state index in [1.807, 2.05) is 6.07 Å². The number of H-pyrrole nitrogens is 1. The highest BCUT2D eigenvalue weighted by molar-refractivity contribution is 6.30. The van der Waals surface area contributed by atoms with Gasteiger partial charge in [-0.15, -0.1) is 0 Å². The maximum Gasteiger partial charge on any atom is 0.261 e. The number of halogens is 1. The first-order chi connectivity index (χ1) is 13.2. The van der Waals surface area contributed by atoms with Crippen molar-refractivity contribution < 1.29 is 9.53 Å². The van der Waals surface area contributed by atoms with Crippen LogP contribution in [0.5, 0.6) is 5.75 Å². The van der Waals surface area contributed by atoms with E-state index in [0.717, 1.165) is 11.3 Å². The first-order valence-electron chi connectivity index (χ1n) is 8.10. The van der Waals surface area contributed by atoms with E-state index in [4.69, 9.17) is 16.3 Å². The van der Waals surface area contributed by atoms with E-state index in [9.17, 15) is 4.79 Å². The third kappa shape index (κ3) is 3.34. The van der Waals surface area contributed by atoms with Crippen LogP contribution in [-0.2, 0) is 6.42 Å². The summed E-state index contributed by atoms with van der Waals surface area (Å²) in [6.07, 6.45) is 6.85. The van der Waals surface area contributed by atoms with Crippen molar-refractivity contribution in [2.45, 2.75) is 6.42 Å². The third-order valence-corrected chi connectivity index (χ3v) is 4.34. The Kier molecular flexibility index (Phi) is 4.47. The normalized spacial score (nSPS) is 10.9. The molecule has 136 valence electrons. The molecule has 0 saturated heterocycles. The van der Waals surface area contributed by atoms with Crippen LogP contribution < -0.4 is 10.1 Å². The molecule has 3 heterocycles. The number of rotatable bonds is 5. The molecule has 2 N–H and O–H groups in total. The predicted octanol–water partition coefficient (Wildman–Crippen LogP) is 2.96. The number of aromatic amines is 1. The molecule has 0 bridgehead atoms. The first-order valence-corrected chi connectivity index (χ1v) is 8.48. The number of nitrogens with zero attached hydrogens (tertiary/aromatic N) is 4. The molecule has 0 atom stereocenters. The van der Waals surface area contributed by atoms with Crippen molar-refractivity contribution in [3.05, 3.63) is 70.9 Å².